The van der Waals surface area contributed by atoms with E-state index in [0.717, 1.165) is 43.9 Å². The third kappa shape index (κ3) is 3.31. The summed E-state index contributed by atoms with van der Waals surface area (Å²) in [6.45, 7) is 5.32. The second-order valence-electron chi connectivity index (χ2n) is 6.56. The molecule has 3 rings (SSSR count). The van der Waals surface area contributed by atoms with Gasteiger partial charge in [-0.3, -0.25) is 0 Å². The van der Waals surface area contributed by atoms with Gasteiger partial charge in [-0.2, -0.15) is 0 Å². The summed E-state index contributed by atoms with van der Waals surface area (Å²) in [6, 6.07) is 6.66. The predicted molar refractivity (Wildman–Crippen MR) is 86.6 cm³/mol. The minimum atomic E-state index is -0.0946. The number of rotatable bonds is 3. The van der Waals surface area contributed by atoms with Crippen LogP contribution in [-0.4, -0.2) is 43.7 Å². The van der Waals surface area contributed by atoms with E-state index in [4.69, 9.17) is 0 Å². The van der Waals surface area contributed by atoms with Crippen molar-refractivity contribution in [3.63, 3.8) is 0 Å². The van der Waals surface area contributed by atoms with E-state index in [1.54, 1.807) is 6.07 Å². The maximum atomic E-state index is 14.3. The molecule has 0 bridgehead atoms. The van der Waals surface area contributed by atoms with Crippen LogP contribution >= 0.6 is 0 Å². The van der Waals surface area contributed by atoms with E-state index in [1.165, 1.54) is 12.8 Å². The zero-order valence-corrected chi connectivity index (χ0v) is 13.1. The molecule has 3 nitrogen and oxygen atoms in total. The van der Waals surface area contributed by atoms with Crippen LogP contribution in [0.1, 0.15) is 32.6 Å². The Bertz CT molecular complexity index is 485. The zero-order valence-electron chi connectivity index (χ0n) is 13.1. The molecule has 0 aromatic heterocycles. The molecule has 2 unspecified atom stereocenters. The summed E-state index contributed by atoms with van der Waals surface area (Å²) < 4.78 is 14.3. The van der Waals surface area contributed by atoms with Crippen molar-refractivity contribution in [2.24, 2.45) is 0 Å². The molecule has 116 valence electrons. The van der Waals surface area contributed by atoms with E-state index in [0.29, 0.717) is 12.1 Å². The molecule has 0 spiro atoms. The number of hydrogen-bond donors (Lipinski definition) is 1. The summed E-state index contributed by atoms with van der Waals surface area (Å²) in [6.07, 6.45) is 4.59. The van der Waals surface area contributed by atoms with Crippen LogP contribution in [0.4, 0.5) is 15.8 Å². The second kappa shape index (κ2) is 6.22. The Hall–Kier alpha value is -1.29. The fraction of sp³-hybridized carbons (Fsp3) is 0.647. The number of nitrogens with one attached hydrogen (secondary N) is 1. The SMILES string of the molecule is CC1CC(Nc2ccc(N3CCCC3)c(F)c2)CCN1C. The summed E-state index contributed by atoms with van der Waals surface area (Å²) in [7, 11) is 2.17. The minimum absolute atomic E-state index is 0.0946. The maximum Gasteiger partial charge on any atom is 0.148 e. The topological polar surface area (TPSA) is 18.5 Å². The van der Waals surface area contributed by atoms with E-state index in [2.05, 4.69) is 29.1 Å². The molecule has 4 heteroatoms. The molecule has 1 aromatic rings. The first-order valence-corrected chi connectivity index (χ1v) is 8.15. The Morgan fingerprint density at radius 1 is 1.19 bits per heavy atom. The summed E-state index contributed by atoms with van der Waals surface area (Å²) in [5.41, 5.74) is 1.67. The summed E-state index contributed by atoms with van der Waals surface area (Å²) in [5.74, 6) is -0.0946. The lowest BCUT2D eigenvalue weighted by Crippen LogP contribution is -2.42. The number of nitrogens with zero attached hydrogens (tertiary/aromatic N) is 2. The Morgan fingerprint density at radius 2 is 1.95 bits per heavy atom. The van der Waals surface area contributed by atoms with Crippen LogP contribution in [0.5, 0.6) is 0 Å². The van der Waals surface area contributed by atoms with Crippen molar-refractivity contribution in [2.45, 2.75) is 44.7 Å². The molecule has 1 N–H and O–H groups in total. The average molecular weight is 291 g/mol. The molecule has 2 fully saturated rings. The van der Waals surface area contributed by atoms with Gasteiger partial charge in [-0.15, -0.1) is 0 Å². The van der Waals surface area contributed by atoms with Gasteiger partial charge in [0.1, 0.15) is 5.82 Å². The maximum absolute atomic E-state index is 14.3. The predicted octanol–water partition coefficient (Wildman–Crippen LogP) is 3.32. The van der Waals surface area contributed by atoms with Crippen molar-refractivity contribution in [3.8, 4) is 0 Å². The number of anilines is 2. The zero-order chi connectivity index (χ0) is 14.8. The Kier molecular flexibility index (Phi) is 4.34. The lowest BCUT2D eigenvalue weighted by atomic mass is 9.98. The second-order valence-corrected chi connectivity index (χ2v) is 6.56. The third-order valence-corrected chi connectivity index (χ3v) is 4.97. The Balaban J connectivity index is 1.65. The fourth-order valence-corrected chi connectivity index (χ4v) is 3.47. The van der Waals surface area contributed by atoms with Crippen LogP contribution in [0.15, 0.2) is 18.2 Å². The van der Waals surface area contributed by atoms with Gasteiger partial charge < -0.3 is 15.1 Å². The fourth-order valence-electron chi connectivity index (χ4n) is 3.47. The van der Waals surface area contributed by atoms with Gasteiger partial charge in [-0.25, -0.2) is 4.39 Å². The standard InChI is InChI=1S/C17H26FN3/c1-13-11-15(7-10-20(13)2)19-14-5-6-17(16(18)12-14)21-8-3-4-9-21/h5-6,12-13,15,19H,3-4,7-11H2,1-2H3. The highest BCUT2D eigenvalue weighted by atomic mass is 19.1. The molecule has 0 amide bonds. The molecule has 2 aliphatic rings. The van der Waals surface area contributed by atoms with Crippen molar-refractivity contribution < 1.29 is 4.39 Å². The molecule has 21 heavy (non-hydrogen) atoms. The molecule has 2 saturated heterocycles. The summed E-state index contributed by atoms with van der Waals surface area (Å²) >= 11 is 0. The molecule has 0 aliphatic carbocycles. The van der Waals surface area contributed by atoms with Gasteiger partial charge in [0.2, 0.25) is 0 Å². The van der Waals surface area contributed by atoms with Crippen LogP contribution in [0, 0.1) is 5.82 Å². The van der Waals surface area contributed by atoms with E-state index in [9.17, 15) is 4.39 Å². The molecule has 0 saturated carbocycles. The van der Waals surface area contributed by atoms with Gasteiger partial charge in [0.15, 0.2) is 0 Å². The first kappa shape index (κ1) is 14.6. The van der Waals surface area contributed by atoms with Crippen molar-refractivity contribution in [1.82, 2.24) is 4.90 Å². The Morgan fingerprint density at radius 3 is 2.62 bits per heavy atom. The van der Waals surface area contributed by atoms with E-state index < -0.39 is 0 Å². The number of hydrogen-bond acceptors (Lipinski definition) is 3. The molecule has 2 aliphatic heterocycles. The summed E-state index contributed by atoms with van der Waals surface area (Å²) in [5, 5.41) is 3.51. The first-order chi connectivity index (χ1) is 10.1. The van der Waals surface area contributed by atoms with Gasteiger partial charge in [-0.1, -0.05) is 0 Å². The van der Waals surface area contributed by atoms with E-state index >= 15 is 0 Å². The van der Waals surface area contributed by atoms with Crippen molar-refractivity contribution in [2.75, 3.05) is 36.9 Å². The quantitative estimate of drug-likeness (QED) is 0.921. The average Bonchev–Trinajstić information content (AvgIpc) is 2.97. The normalized spacial score (nSPS) is 27.1. The van der Waals surface area contributed by atoms with E-state index in [-0.39, 0.29) is 5.82 Å². The molecular weight excluding hydrogens is 265 g/mol. The van der Waals surface area contributed by atoms with Gasteiger partial charge >= 0.3 is 0 Å². The highest BCUT2D eigenvalue weighted by Gasteiger charge is 2.23. The lowest BCUT2D eigenvalue weighted by Gasteiger charge is -2.35. The minimum Gasteiger partial charge on any atom is -0.382 e. The summed E-state index contributed by atoms with van der Waals surface area (Å²) in [4.78, 5) is 4.53. The first-order valence-electron chi connectivity index (χ1n) is 8.15. The van der Waals surface area contributed by atoms with Crippen LogP contribution in [-0.2, 0) is 0 Å². The van der Waals surface area contributed by atoms with Crippen LogP contribution < -0.4 is 10.2 Å². The van der Waals surface area contributed by atoms with Crippen LogP contribution in [0.25, 0.3) is 0 Å². The molecule has 2 atom stereocenters. The van der Waals surface area contributed by atoms with Crippen LogP contribution in [0.2, 0.25) is 0 Å². The monoisotopic (exact) mass is 291 g/mol. The molecule has 0 radical (unpaired) electrons. The third-order valence-electron chi connectivity index (χ3n) is 4.97. The molecule has 1 aromatic carbocycles. The van der Waals surface area contributed by atoms with Gasteiger partial charge in [0.05, 0.1) is 5.69 Å². The molecule has 2 heterocycles. The van der Waals surface area contributed by atoms with Gasteiger partial charge in [0.25, 0.3) is 0 Å². The number of halogens is 1. The van der Waals surface area contributed by atoms with Crippen molar-refractivity contribution in [3.05, 3.63) is 24.0 Å². The highest BCUT2D eigenvalue weighted by Crippen LogP contribution is 2.27. The van der Waals surface area contributed by atoms with Crippen molar-refractivity contribution >= 4 is 11.4 Å². The number of piperidine rings is 1. The Labute approximate surface area is 127 Å². The van der Waals surface area contributed by atoms with Gasteiger partial charge in [-0.05, 0) is 57.9 Å². The van der Waals surface area contributed by atoms with Crippen molar-refractivity contribution in [1.29, 1.82) is 0 Å². The highest BCUT2D eigenvalue weighted by molar-refractivity contribution is 5.57. The lowest BCUT2D eigenvalue weighted by molar-refractivity contribution is 0.190. The van der Waals surface area contributed by atoms with Crippen LogP contribution in [0.3, 0.4) is 0 Å². The molecular formula is C17H26FN3. The van der Waals surface area contributed by atoms with Gasteiger partial charge in [0, 0.05) is 37.4 Å². The number of likely N-dealkylation sites (tertiary alicyclic amines) is 1. The largest absolute Gasteiger partial charge is 0.382 e. The van der Waals surface area contributed by atoms with E-state index in [1.807, 2.05) is 12.1 Å². The smallest absolute Gasteiger partial charge is 0.148 e. The number of benzene rings is 1.